The lowest BCUT2D eigenvalue weighted by molar-refractivity contribution is -0.125. The van der Waals surface area contributed by atoms with Gasteiger partial charge >= 0.3 is 5.97 Å². The molecule has 0 saturated heterocycles. The zero-order valence-corrected chi connectivity index (χ0v) is 12.1. The minimum Gasteiger partial charge on any atom is -0.452 e. The number of nitrogen functional groups attached to an aromatic ring is 1. The van der Waals surface area contributed by atoms with E-state index in [9.17, 15) is 9.59 Å². The molecule has 1 atom stereocenters. The molecule has 1 aromatic carbocycles. The number of carbonyl (C=O) groups is 2. The summed E-state index contributed by atoms with van der Waals surface area (Å²) in [6, 6.07) is 4.30. The van der Waals surface area contributed by atoms with Crippen molar-refractivity contribution < 1.29 is 19.1 Å². The van der Waals surface area contributed by atoms with Crippen molar-refractivity contribution in [1.82, 2.24) is 5.32 Å². The number of benzene rings is 1. The van der Waals surface area contributed by atoms with Gasteiger partial charge in [-0.05, 0) is 25.1 Å². The Balaban J connectivity index is 2.51. The van der Waals surface area contributed by atoms with Crippen LogP contribution in [0, 0.1) is 0 Å². The summed E-state index contributed by atoms with van der Waals surface area (Å²) in [5.74, 6) is -1.11. The lowest BCUT2D eigenvalue weighted by Crippen LogP contribution is -2.38. The zero-order valence-electron chi connectivity index (χ0n) is 11.3. The van der Waals surface area contributed by atoms with Crippen LogP contribution < -0.4 is 11.1 Å². The number of halogens is 1. The van der Waals surface area contributed by atoms with Gasteiger partial charge < -0.3 is 20.5 Å². The molecule has 0 bridgehead atoms. The largest absolute Gasteiger partial charge is 0.452 e. The number of rotatable bonds is 6. The Kier molecular flexibility index (Phi) is 6.27. The molecule has 1 amide bonds. The number of ether oxygens (including phenoxy) is 2. The van der Waals surface area contributed by atoms with Gasteiger partial charge in [0.05, 0.1) is 17.2 Å². The van der Waals surface area contributed by atoms with Crippen molar-refractivity contribution in [3.63, 3.8) is 0 Å². The van der Waals surface area contributed by atoms with Crippen LogP contribution in [0.25, 0.3) is 0 Å². The van der Waals surface area contributed by atoms with E-state index in [0.717, 1.165) is 0 Å². The van der Waals surface area contributed by atoms with Gasteiger partial charge in [0, 0.05) is 18.8 Å². The van der Waals surface area contributed by atoms with Gasteiger partial charge in [-0.25, -0.2) is 4.79 Å². The predicted octanol–water partition coefficient (Wildman–Crippen LogP) is 1.23. The second kappa shape index (κ2) is 7.72. The minimum atomic E-state index is -0.697. The fraction of sp³-hybridized carbons (Fsp3) is 0.385. The molecule has 110 valence electrons. The van der Waals surface area contributed by atoms with Crippen LogP contribution >= 0.6 is 11.6 Å². The summed E-state index contributed by atoms with van der Waals surface area (Å²) in [5, 5.41) is 2.83. The van der Waals surface area contributed by atoms with E-state index in [1.165, 1.54) is 19.2 Å². The SMILES string of the molecule is COCC(C)NC(=O)COC(=O)c1cc(N)ccc1Cl. The summed E-state index contributed by atoms with van der Waals surface area (Å²) in [5.41, 5.74) is 6.08. The van der Waals surface area contributed by atoms with Gasteiger partial charge in [-0.1, -0.05) is 11.6 Å². The number of hydrogen-bond acceptors (Lipinski definition) is 5. The van der Waals surface area contributed by atoms with E-state index in [4.69, 9.17) is 26.8 Å². The van der Waals surface area contributed by atoms with E-state index in [1.54, 1.807) is 13.0 Å². The second-order valence-corrected chi connectivity index (χ2v) is 4.65. The van der Waals surface area contributed by atoms with Gasteiger partial charge in [0.1, 0.15) is 0 Å². The van der Waals surface area contributed by atoms with Crippen molar-refractivity contribution >= 4 is 29.2 Å². The lowest BCUT2D eigenvalue weighted by atomic mass is 10.2. The minimum absolute atomic E-state index is 0.129. The average molecular weight is 301 g/mol. The Morgan fingerprint density at radius 2 is 2.15 bits per heavy atom. The first kappa shape index (κ1) is 16.3. The molecule has 0 aliphatic carbocycles. The number of nitrogens with one attached hydrogen (secondary N) is 1. The highest BCUT2D eigenvalue weighted by Crippen LogP contribution is 2.19. The van der Waals surface area contributed by atoms with Gasteiger partial charge in [-0.3, -0.25) is 4.79 Å². The number of esters is 1. The van der Waals surface area contributed by atoms with Crippen LogP contribution in [0.3, 0.4) is 0 Å². The van der Waals surface area contributed by atoms with Gasteiger partial charge in [-0.15, -0.1) is 0 Å². The Morgan fingerprint density at radius 3 is 2.80 bits per heavy atom. The van der Waals surface area contributed by atoms with E-state index < -0.39 is 18.5 Å². The van der Waals surface area contributed by atoms with Crippen LogP contribution in [-0.4, -0.2) is 38.2 Å². The van der Waals surface area contributed by atoms with E-state index in [2.05, 4.69) is 5.32 Å². The molecule has 0 aromatic heterocycles. The van der Waals surface area contributed by atoms with Gasteiger partial charge in [0.15, 0.2) is 6.61 Å². The first-order valence-electron chi connectivity index (χ1n) is 5.94. The molecule has 0 aliphatic heterocycles. The molecule has 7 heteroatoms. The van der Waals surface area contributed by atoms with Crippen molar-refractivity contribution in [2.45, 2.75) is 13.0 Å². The van der Waals surface area contributed by atoms with E-state index in [1.807, 2.05) is 0 Å². The molecule has 0 heterocycles. The summed E-state index contributed by atoms with van der Waals surface area (Å²) in [4.78, 5) is 23.3. The first-order valence-corrected chi connectivity index (χ1v) is 6.32. The maximum Gasteiger partial charge on any atom is 0.340 e. The summed E-state index contributed by atoms with van der Waals surface area (Å²) in [6.45, 7) is 1.76. The van der Waals surface area contributed by atoms with Crippen LogP contribution in [0.2, 0.25) is 5.02 Å². The molecule has 0 radical (unpaired) electrons. The molecule has 3 N–H and O–H groups in total. The monoisotopic (exact) mass is 300 g/mol. The third-order valence-electron chi connectivity index (χ3n) is 2.37. The Morgan fingerprint density at radius 1 is 1.45 bits per heavy atom. The maximum atomic E-state index is 11.8. The second-order valence-electron chi connectivity index (χ2n) is 4.24. The maximum absolute atomic E-state index is 11.8. The van der Waals surface area contributed by atoms with E-state index in [0.29, 0.717) is 12.3 Å². The van der Waals surface area contributed by atoms with Crippen molar-refractivity contribution in [1.29, 1.82) is 0 Å². The molecular weight excluding hydrogens is 284 g/mol. The fourth-order valence-electron chi connectivity index (χ4n) is 1.52. The Hall–Kier alpha value is -1.79. The third-order valence-corrected chi connectivity index (χ3v) is 2.70. The van der Waals surface area contributed by atoms with Crippen molar-refractivity contribution in [3.05, 3.63) is 28.8 Å². The molecule has 6 nitrogen and oxygen atoms in total. The highest BCUT2D eigenvalue weighted by Gasteiger charge is 2.15. The number of anilines is 1. The quantitative estimate of drug-likeness (QED) is 0.609. The van der Waals surface area contributed by atoms with Crippen LogP contribution in [0.5, 0.6) is 0 Å². The standard InChI is InChI=1S/C13H17ClN2O4/c1-8(6-19-2)16-12(17)7-20-13(18)10-5-9(15)3-4-11(10)14/h3-5,8H,6-7,15H2,1-2H3,(H,16,17). The molecule has 0 fully saturated rings. The molecule has 1 unspecified atom stereocenters. The summed E-state index contributed by atoms with van der Waals surface area (Å²) < 4.78 is 9.75. The van der Waals surface area contributed by atoms with Crippen molar-refractivity contribution in [3.8, 4) is 0 Å². The highest BCUT2D eigenvalue weighted by molar-refractivity contribution is 6.33. The van der Waals surface area contributed by atoms with Crippen LogP contribution in [0.1, 0.15) is 17.3 Å². The van der Waals surface area contributed by atoms with E-state index >= 15 is 0 Å². The zero-order chi connectivity index (χ0) is 15.1. The molecule has 20 heavy (non-hydrogen) atoms. The molecular formula is C13H17ClN2O4. The van der Waals surface area contributed by atoms with Gasteiger partial charge in [0.2, 0.25) is 0 Å². The van der Waals surface area contributed by atoms with Crippen LogP contribution in [0.15, 0.2) is 18.2 Å². The topological polar surface area (TPSA) is 90.6 Å². The molecule has 1 rings (SSSR count). The molecule has 1 aromatic rings. The average Bonchev–Trinajstić information content (AvgIpc) is 2.39. The Bertz CT molecular complexity index is 493. The lowest BCUT2D eigenvalue weighted by Gasteiger charge is -2.13. The van der Waals surface area contributed by atoms with Crippen molar-refractivity contribution in [2.75, 3.05) is 26.1 Å². The fourth-order valence-corrected chi connectivity index (χ4v) is 1.71. The van der Waals surface area contributed by atoms with Crippen LogP contribution in [-0.2, 0) is 14.3 Å². The number of methoxy groups -OCH3 is 1. The summed E-state index contributed by atoms with van der Waals surface area (Å²) >= 11 is 5.86. The van der Waals surface area contributed by atoms with Gasteiger partial charge in [-0.2, -0.15) is 0 Å². The Labute approximate surface area is 122 Å². The molecule has 0 spiro atoms. The highest BCUT2D eigenvalue weighted by atomic mass is 35.5. The van der Waals surface area contributed by atoms with Crippen molar-refractivity contribution in [2.24, 2.45) is 0 Å². The summed E-state index contributed by atoms with van der Waals surface area (Å²) in [7, 11) is 1.53. The number of nitrogens with two attached hydrogens (primary N) is 1. The summed E-state index contributed by atoms with van der Waals surface area (Å²) in [6.07, 6.45) is 0. The molecule has 0 saturated carbocycles. The van der Waals surface area contributed by atoms with Crippen LogP contribution in [0.4, 0.5) is 5.69 Å². The first-order chi connectivity index (χ1) is 9.43. The number of carbonyl (C=O) groups excluding carboxylic acids is 2. The predicted molar refractivity (Wildman–Crippen MR) is 75.6 cm³/mol. The molecule has 0 aliphatic rings. The number of amides is 1. The normalized spacial score (nSPS) is 11.8. The third kappa shape index (κ3) is 5.07. The van der Waals surface area contributed by atoms with Gasteiger partial charge in [0.25, 0.3) is 5.91 Å². The number of hydrogen-bond donors (Lipinski definition) is 2. The smallest absolute Gasteiger partial charge is 0.340 e. The van der Waals surface area contributed by atoms with E-state index in [-0.39, 0.29) is 16.6 Å².